The normalized spacial score (nSPS) is 16.6. The Balaban J connectivity index is 1.89. The van der Waals surface area contributed by atoms with Gasteiger partial charge < -0.3 is 5.32 Å². The maximum atomic E-state index is 12.9. The zero-order chi connectivity index (χ0) is 17.1. The first-order valence-corrected chi connectivity index (χ1v) is 8.79. The fourth-order valence-electron chi connectivity index (χ4n) is 2.23. The number of urea groups is 1. The molecule has 0 radical (unpaired) electrons. The summed E-state index contributed by atoms with van der Waals surface area (Å²) in [6.45, 7) is 4.74. The van der Waals surface area contributed by atoms with Gasteiger partial charge in [-0.2, -0.15) is 0 Å². The van der Waals surface area contributed by atoms with E-state index in [1.165, 1.54) is 4.90 Å². The van der Waals surface area contributed by atoms with E-state index in [9.17, 15) is 4.79 Å². The minimum atomic E-state index is -0.296. The fraction of sp³-hybridized carbons (Fsp3) is 0.235. The van der Waals surface area contributed by atoms with Crippen molar-refractivity contribution >= 4 is 46.1 Å². The highest BCUT2D eigenvalue weighted by Gasteiger charge is 2.28. The quantitative estimate of drug-likeness (QED) is 0.853. The second-order valence-electron chi connectivity index (χ2n) is 5.52. The van der Waals surface area contributed by atoms with Crippen molar-refractivity contribution in [2.45, 2.75) is 19.1 Å². The molecule has 1 aromatic heterocycles. The van der Waals surface area contributed by atoms with E-state index in [4.69, 9.17) is 11.6 Å². The number of hydrogen-bond donors (Lipinski definition) is 1. The third kappa shape index (κ3) is 3.88. The molecule has 0 spiro atoms. The molecule has 1 aliphatic rings. The molecule has 24 heavy (non-hydrogen) atoms. The molecule has 1 N–H and O–H groups in total. The number of halogens is 1. The third-order valence-electron chi connectivity index (χ3n) is 3.41. The molecule has 0 unspecified atom stereocenters. The van der Waals surface area contributed by atoms with Crippen LogP contribution >= 0.6 is 23.4 Å². The van der Waals surface area contributed by atoms with Gasteiger partial charge in [0.1, 0.15) is 5.82 Å². The number of carbonyl (C=O) groups is 1. The summed E-state index contributed by atoms with van der Waals surface area (Å²) in [5.74, 6) is 0.557. The zero-order valence-corrected chi connectivity index (χ0v) is 14.9. The Bertz CT molecular complexity index is 778. The number of aromatic nitrogens is 1. The Morgan fingerprint density at radius 1 is 1.33 bits per heavy atom. The summed E-state index contributed by atoms with van der Waals surface area (Å²) in [5, 5.41) is 4.50. The van der Waals surface area contributed by atoms with Crippen LogP contribution in [0.1, 0.15) is 12.5 Å². The van der Waals surface area contributed by atoms with E-state index in [1.807, 2.05) is 19.1 Å². The van der Waals surface area contributed by atoms with Gasteiger partial charge in [0, 0.05) is 22.2 Å². The predicted molar refractivity (Wildman–Crippen MR) is 101 cm³/mol. The number of aliphatic imine (C=N–C) groups is 1. The molecule has 1 aromatic carbocycles. The van der Waals surface area contributed by atoms with Crippen LogP contribution in [0.3, 0.4) is 0 Å². The average molecular weight is 361 g/mol. The van der Waals surface area contributed by atoms with E-state index in [2.05, 4.69) is 22.2 Å². The van der Waals surface area contributed by atoms with Gasteiger partial charge in [0.15, 0.2) is 5.17 Å². The van der Waals surface area contributed by atoms with Crippen molar-refractivity contribution in [2.24, 2.45) is 4.99 Å². The standard InChI is InChI=1S/C17H17ClN4OS/c1-11-7-8-19-15(9-11)22(17-20-10-12(2)24-17)16(23)21-14-5-3-13(18)4-6-14/h3-9,12H,10H2,1-2H3,(H,21,23)/t12-/m0/s1. The van der Waals surface area contributed by atoms with Crippen LogP contribution in [0.25, 0.3) is 0 Å². The summed E-state index contributed by atoms with van der Waals surface area (Å²) in [6, 6.07) is 10.4. The molecular weight excluding hydrogens is 344 g/mol. The van der Waals surface area contributed by atoms with E-state index < -0.39 is 0 Å². The van der Waals surface area contributed by atoms with Gasteiger partial charge in [0.25, 0.3) is 0 Å². The molecule has 0 aliphatic carbocycles. The largest absolute Gasteiger partial charge is 0.333 e. The first-order valence-electron chi connectivity index (χ1n) is 7.53. The third-order valence-corrected chi connectivity index (χ3v) is 4.74. The first kappa shape index (κ1) is 16.8. The lowest BCUT2D eigenvalue weighted by Gasteiger charge is -2.22. The molecule has 0 saturated heterocycles. The van der Waals surface area contributed by atoms with E-state index in [0.717, 1.165) is 5.56 Å². The van der Waals surface area contributed by atoms with Crippen molar-refractivity contribution in [1.29, 1.82) is 0 Å². The van der Waals surface area contributed by atoms with Crippen molar-refractivity contribution in [3.8, 4) is 0 Å². The number of thioether (sulfide) groups is 1. The van der Waals surface area contributed by atoms with E-state index in [-0.39, 0.29) is 6.03 Å². The maximum Gasteiger partial charge on any atom is 0.333 e. The predicted octanol–water partition coefficient (Wildman–Crippen LogP) is 4.57. The molecule has 0 bridgehead atoms. The first-order chi connectivity index (χ1) is 11.5. The fourth-order valence-corrected chi connectivity index (χ4v) is 3.29. The number of nitrogens with one attached hydrogen (secondary N) is 1. The average Bonchev–Trinajstić information content (AvgIpc) is 2.96. The number of anilines is 2. The van der Waals surface area contributed by atoms with Crippen LogP contribution in [0, 0.1) is 6.92 Å². The number of pyridine rings is 1. The van der Waals surface area contributed by atoms with Crippen molar-refractivity contribution in [3.05, 3.63) is 53.2 Å². The maximum absolute atomic E-state index is 12.9. The summed E-state index contributed by atoms with van der Waals surface area (Å²) in [6.07, 6.45) is 1.69. The number of aryl methyl sites for hydroxylation is 1. The van der Waals surface area contributed by atoms with E-state index in [1.54, 1.807) is 42.2 Å². The summed E-state index contributed by atoms with van der Waals surface area (Å²) in [4.78, 5) is 23.2. The van der Waals surface area contributed by atoms with Gasteiger partial charge in [-0.3, -0.25) is 4.99 Å². The Kier molecular flexibility index (Phi) is 5.06. The van der Waals surface area contributed by atoms with Crippen LogP contribution in [-0.2, 0) is 0 Å². The molecule has 7 heteroatoms. The number of carbonyl (C=O) groups excluding carboxylic acids is 1. The van der Waals surface area contributed by atoms with Gasteiger partial charge in [0.05, 0.1) is 6.54 Å². The van der Waals surface area contributed by atoms with Crippen molar-refractivity contribution in [1.82, 2.24) is 4.98 Å². The van der Waals surface area contributed by atoms with Crippen molar-refractivity contribution in [3.63, 3.8) is 0 Å². The molecule has 5 nitrogen and oxygen atoms in total. The monoisotopic (exact) mass is 360 g/mol. The minimum Gasteiger partial charge on any atom is -0.307 e. The van der Waals surface area contributed by atoms with Gasteiger partial charge in [-0.1, -0.05) is 30.3 Å². The molecule has 0 saturated carbocycles. The van der Waals surface area contributed by atoms with Crippen LogP contribution in [-0.4, -0.2) is 28.0 Å². The number of benzene rings is 1. The van der Waals surface area contributed by atoms with Crippen LogP contribution in [0.4, 0.5) is 16.3 Å². The Labute approximate surface area is 150 Å². The van der Waals surface area contributed by atoms with Crippen LogP contribution in [0.15, 0.2) is 47.6 Å². The SMILES string of the molecule is Cc1ccnc(N(C(=O)Nc2ccc(Cl)cc2)C2=NC[C@H](C)S2)c1. The molecule has 2 amide bonds. The van der Waals surface area contributed by atoms with Crippen LogP contribution in [0.5, 0.6) is 0 Å². The molecular formula is C17H17ClN4OS. The highest BCUT2D eigenvalue weighted by molar-refractivity contribution is 8.15. The van der Waals surface area contributed by atoms with E-state index >= 15 is 0 Å². The number of hydrogen-bond acceptors (Lipinski definition) is 4. The van der Waals surface area contributed by atoms with Crippen LogP contribution in [0.2, 0.25) is 5.02 Å². The Morgan fingerprint density at radius 2 is 2.08 bits per heavy atom. The van der Waals surface area contributed by atoms with E-state index in [0.29, 0.717) is 33.5 Å². The lowest BCUT2D eigenvalue weighted by molar-refractivity contribution is 0.259. The van der Waals surface area contributed by atoms with Crippen LogP contribution < -0.4 is 10.2 Å². The van der Waals surface area contributed by atoms with Crippen molar-refractivity contribution in [2.75, 3.05) is 16.8 Å². The smallest absolute Gasteiger partial charge is 0.307 e. The summed E-state index contributed by atoms with van der Waals surface area (Å²) in [5.41, 5.74) is 1.69. The molecule has 3 rings (SSSR count). The molecule has 1 aliphatic heterocycles. The lowest BCUT2D eigenvalue weighted by atomic mass is 10.3. The highest BCUT2D eigenvalue weighted by Crippen LogP contribution is 2.27. The number of amidine groups is 1. The lowest BCUT2D eigenvalue weighted by Crippen LogP contribution is -2.39. The minimum absolute atomic E-state index is 0.296. The molecule has 124 valence electrons. The van der Waals surface area contributed by atoms with Crippen molar-refractivity contribution < 1.29 is 4.79 Å². The summed E-state index contributed by atoms with van der Waals surface area (Å²) >= 11 is 7.46. The van der Waals surface area contributed by atoms with Gasteiger partial charge in [-0.05, 0) is 48.9 Å². The second kappa shape index (κ2) is 7.23. The summed E-state index contributed by atoms with van der Waals surface area (Å²) in [7, 11) is 0. The second-order valence-corrected chi connectivity index (χ2v) is 7.36. The number of amides is 2. The van der Waals surface area contributed by atoms with Gasteiger partial charge in [-0.15, -0.1) is 0 Å². The molecule has 2 aromatic rings. The number of nitrogens with zero attached hydrogens (tertiary/aromatic N) is 3. The Hall–Kier alpha value is -2.05. The van der Waals surface area contributed by atoms with Gasteiger partial charge in [0.2, 0.25) is 0 Å². The zero-order valence-electron chi connectivity index (χ0n) is 13.4. The molecule has 1 atom stereocenters. The topological polar surface area (TPSA) is 57.6 Å². The highest BCUT2D eigenvalue weighted by atomic mass is 35.5. The Morgan fingerprint density at radius 3 is 2.71 bits per heavy atom. The van der Waals surface area contributed by atoms with Gasteiger partial charge in [-0.25, -0.2) is 14.7 Å². The summed E-state index contributed by atoms with van der Waals surface area (Å²) < 4.78 is 0. The molecule has 0 fully saturated rings. The number of rotatable bonds is 2. The molecule has 2 heterocycles. The van der Waals surface area contributed by atoms with Gasteiger partial charge >= 0.3 is 6.03 Å².